The number of nitrogens with zero attached hydrogens (tertiary/aromatic N) is 1. The lowest BCUT2D eigenvalue weighted by atomic mass is 9.96. The number of hydrogen-bond donors (Lipinski definition) is 2. The number of anilines is 1. The van der Waals surface area contributed by atoms with E-state index in [-0.39, 0.29) is 5.97 Å². The van der Waals surface area contributed by atoms with Gasteiger partial charge in [0.15, 0.2) is 5.11 Å². The number of thiocarbonyl (C=S) groups is 1. The molecule has 2 heterocycles. The van der Waals surface area contributed by atoms with E-state index >= 15 is 0 Å². The van der Waals surface area contributed by atoms with Crippen LogP contribution < -0.4 is 10.6 Å². The van der Waals surface area contributed by atoms with Crippen LogP contribution in [-0.4, -0.2) is 35.2 Å². The highest BCUT2D eigenvalue weighted by Crippen LogP contribution is 2.38. The number of benzene rings is 1. The second kappa shape index (κ2) is 10.6. The van der Waals surface area contributed by atoms with E-state index in [0.29, 0.717) is 23.3 Å². The van der Waals surface area contributed by atoms with Crippen molar-refractivity contribution in [2.24, 2.45) is 0 Å². The molecule has 0 radical (unpaired) electrons. The average Bonchev–Trinajstić information content (AvgIpc) is 3.12. The molecule has 0 atom stereocenters. The minimum Gasteiger partial charge on any atom is -0.462 e. The zero-order valence-corrected chi connectivity index (χ0v) is 19.7. The second-order valence-corrected chi connectivity index (χ2v) is 9.82. The fraction of sp³-hybridized carbons (Fsp3) is 0.500. The standard InChI is InChI=1S/C24H31N3O2S2/c1-2-29-23(28)21-19-16-27(15-17-9-5-3-6-10-17)14-13-20(19)31-22(21)26-24(30)25-18-11-7-4-8-12-18/h3,5-6,9-10,18H,2,4,7-8,11-16H2,1H3,(H2,25,26,30). The molecule has 166 valence electrons. The predicted molar refractivity (Wildman–Crippen MR) is 131 cm³/mol. The van der Waals surface area contributed by atoms with Crippen LogP contribution in [0.2, 0.25) is 0 Å². The minimum atomic E-state index is -0.260. The summed E-state index contributed by atoms with van der Waals surface area (Å²) < 4.78 is 5.42. The van der Waals surface area contributed by atoms with Crippen LogP contribution >= 0.6 is 23.6 Å². The smallest absolute Gasteiger partial charge is 0.341 e. The molecule has 2 aromatic rings. The molecule has 1 saturated carbocycles. The number of hydrogen-bond acceptors (Lipinski definition) is 5. The number of nitrogens with one attached hydrogen (secondary N) is 2. The zero-order valence-electron chi connectivity index (χ0n) is 18.1. The Hall–Kier alpha value is -1.96. The number of carbonyl (C=O) groups excluding carboxylic acids is 1. The van der Waals surface area contributed by atoms with Gasteiger partial charge in [-0.2, -0.15) is 0 Å². The molecule has 0 spiro atoms. The summed E-state index contributed by atoms with van der Waals surface area (Å²) in [6.45, 7) is 4.82. The van der Waals surface area contributed by atoms with E-state index < -0.39 is 0 Å². The summed E-state index contributed by atoms with van der Waals surface area (Å²) in [5.74, 6) is -0.260. The maximum Gasteiger partial charge on any atom is 0.341 e. The summed E-state index contributed by atoms with van der Waals surface area (Å²) in [5, 5.41) is 8.22. The maximum absolute atomic E-state index is 12.9. The van der Waals surface area contributed by atoms with Gasteiger partial charge in [0, 0.05) is 30.6 Å². The molecule has 0 unspecified atom stereocenters. The third-order valence-corrected chi connectivity index (χ3v) is 7.45. The largest absolute Gasteiger partial charge is 0.462 e. The lowest BCUT2D eigenvalue weighted by Crippen LogP contribution is -2.39. The first-order valence-electron chi connectivity index (χ1n) is 11.3. The second-order valence-electron chi connectivity index (χ2n) is 8.31. The SMILES string of the molecule is CCOC(=O)c1c(NC(=S)NC2CCCCC2)sc2c1CN(Cc1ccccc1)CC2. The summed E-state index contributed by atoms with van der Waals surface area (Å²) in [7, 11) is 0. The number of thiophene rings is 1. The van der Waals surface area contributed by atoms with E-state index in [9.17, 15) is 4.79 Å². The van der Waals surface area contributed by atoms with Crippen molar-refractivity contribution in [2.45, 2.75) is 64.6 Å². The molecule has 0 saturated heterocycles. The van der Waals surface area contributed by atoms with E-state index in [1.807, 2.05) is 13.0 Å². The molecule has 7 heteroatoms. The normalized spacial score (nSPS) is 17.1. The van der Waals surface area contributed by atoms with Crippen LogP contribution in [0.4, 0.5) is 5.00 Å². The van der Waals surface area contributed by atoms with E-state index in [4.69, 9.17) is 17.0 Å². The van der Waals surface area contributed by atoms with Crippen molar-refractivity contribution < 1.29 is 9.53 Å². The third kappa shape index (κ3) is 5.64. The molecule has 5 nitrogen and oxygen atoms in total. The van der Waals surface area contributed by atoms with Crippen LogP contribution in [0.15, 0.2) is 30.3 Å². The molecule has 2 aliphatic rings. The van der Waals surface area contributed by atoms with Crippen molar-refractivity contribution in [3.8, 4) is 0 Å². The highest BCUT2D eigenvalue weighted by Gasteiger charge is 2.29. The Morgan fingerprint density at radius 3 is 2.74 bits per heavy atom. The molecule has 1 aliphatic heterocycles. The fourth-order valence-corrected chi connectivity index (χ4v) is 6.02. The fourth-order valence-electron chi connectivity index (χ4n) is 4.50. The van der Waals surface area contributed by atoms with Crippen molar-refractivity contribution in [1.82, 2.24) is 10.2 Å². The van der Waals surface area contributed by atoms with Crippen LogP contribution in [0.3, 0.4) is 0 Å². The number of carbonyl (C=O) groups is 1. The van der Waals surface area contributed by atoms with Gasteiger partial charge >= 0.3 is 5.97 Å². The molecule has 4 rings (SSSR count). The Bertz CT molecular complexity index is 907. The summed E-state index contributed by atoms with van der Waals surface area (Å²) in [6, 6.07) is 10.9. The number of ether oxygens (including phenoxy) is 1. The van der Waals surface area contributed by atoms with E-state index in [2.05, 4.69) is 39.8 Å². The molecule has 31 heavy (non-hydrogen) atoms. The van der Waals surface area contributed by atoms with E-state index in [1.54, 1.807) is 11.3 Å². The summed E-state index contributed by atoms with van der Waals surface area (Å²) in [6.07, 6.45) is 7.05. The lowest BCUT2D eigenvalue weighted by Gasteiger charge is -2.27. The first kappa shape index (κ1) is 22.2. The van der Waals surface area contributed by atoms with Crippen molar-refractivity contribution in [2.75, 3.05) is 18.5 Å². The van der Waals surface area contributed by atoms with Crippen molar-refractivity contribution in [3.63, 3.8) is 0 Å². The van der Waals surface area contributed by atoms with E-state index in [0.717, 1.165) is 49.5 Å². The number of fused-ring (bicyclic) bond motifs is 1. The average molecular weight is 458 g/mol. The first-order chi connectivity index (χ1) is 15.1. The Morgan fingerprint density at radius 1 is 1.23 bits per heavy atom. The zero-order chi connectivity index (χ0) is 21.6. The predicted octanol–water partition coefficient (Wildman–Crippen LogP) is 5.10. The van der Waals surface area contributed by atoms with Crippen LogP contribution in [0.25, 0.3) is 0 Å². The molecular formula is C24H31N3O2S2. The van der Waals surface area contributed by atoms with Gasteiger partial charge in [-0.1, -0.05) is 49.6 Å². The highest BCUT2D eigenvalue weighted by molar-refractivity contribution is 7.80. The molecule has 1 aromatic carbocycles. The summed E-state index contributed by atoms with van der Waals surface area (Å²) in [4.78, 5) is 16.6. The van der Waals surface area contributed by atoms with Gasteiger partial charge in [-0.3, -0.25) is 4.90 Å². The lowest BCUT2D eigenvalue weighted by molar-refractivity contribution is 0.0525. The number of rotatable bonds is 6. The van der Waals surface area contributed by atoms with Crippen molar-refractivity contribution in [1.29, 1.82) is 0 Å². The quantitative estimate of drug-likeness (QED) is 0.465. The minimum absolute atomic E-state index is 0.260. The first-order valence-corrected chi connectivity index (χ1v) is 12.5. The van der Waals surface area contributed by atoms with Crippen LogP contribution in [0.1, 0.15) is 65.4 Å². The summed E-state index contributed by atoms with van der Waals surface area (Å²) >= 11 is 7.25. The number of esters is 1. The van der Waals surface area contributed by atoms with E-state index in [1.165, 1.54) is 29.7 Å². The van der Waals surface area contributed by atoms with Crippen LogP contribution in [-0.2, 0) is 24.2 Å². The topological polar surface area (TPSA) is 53.6 Å². The molecule has 0 bridgehead atoms. The molecule has 1 aliphatic carbocycles. The summed E-state index contributed by atoms with van der Waals surface area (Å²) in [5.41, 5.74) is 3.04. The molecule has 2 N–H and O–H groups in total. The molecule has 1 fully saturated rings. The highest BCUT2D eigenvalue weighted by atomic mass is 32.1. The van der Waals surface area contributed by atoms with Crippen LogP contribution in [0.5, 0.6) is 0 Å². The van der Waals surface area contributed by atoms with Gasteiger partial charge in [0.25, 0.3) is 0 Å². The Morgan fingerprint density at radius 2 is 2.00 bits per heavy atom. The van der Waals surface area contributed by atoms with Gasteiger partial charge in [0.05, 0.1) is 12.2 Å². The Kier molecular flexibility index (Phi) is 7.58. The van der Waals surface area contributed by atoms with Crippen molar-refractivity contribution in [3.05, 3.63) is 51.9 Å². The van der Waals surface area contributed by atoms with Gasteiger partial charge in [0.2, 0.25) is 0 Å². The Labute approximate surface area is 194 Å². The maximum atomic E-state index is 12.9. The van der Waals surface area contributed by atoms with Gasteiger partial charge < -0.3 is 15.4 Å². The van der Waals surface area contributed by atoms with Gasteiger partial charge in [-0.25, -0.2) is 4.79 Å². The van der Waals surface area contributed by atoms with Gasteiger partial charge in [-0.05, 0) is 49.5 Å². The van der Waals surface area contributed by atoms with Crippen LogP contribution in [0, 0.1) is 0 Å². The van der Waals surface area contributed by atoms with Gasteiger partial charge in [0.1, 0.15) is 5.00 Å². The Balaban J connectivity index is 1.51. The molecule has 0 amide bonds. The monoisotopic (exact) mass is 457 g/mol. The van der Waals surface area contributed by atoms with Crippen molar-refractivity contribution >= 4 is 39.6 Å². The third-order valence-electron chi connectivity index (χ3n) is 6.02. The van der Waals surface area contributed by atoms with Gasteiger partial charge in [-0.15, -0.1) is 11.3 Å². The molecule has 1 aromatic heterocycles. The molecular weight excluding hydrogens is 426 g/mol.